The molecule has 3 rings (SSSR count). The van der Waals surface area contributed by atoms with Crippen LogP contribution in [0.3, 0.4) is 0 Å². The molecule has 1 aliphatic heterocycles. The summed E-state index contributed by atoms with van der Waals surface area (Å²) in [7, 11) is 1.48. The predicted molar refractivity (Wildman–Crippen MR) is 94.7 cm³/mol. The van der Waals surface area contributed by atoms with Crippen LogP contribution >= 0.6 is 0 Å². The quantitative estimate of drug-likeness (QED) is 0.791. The summed E-state index contributed by atoms with van der Waals surface area (Å²) < 4.78 is 0. The van der Waals surface area contributed by atoms with Gasteiger partial charge in [0, 0.05) is 13.1 Å². The lowest BCUT2D eigenvalue weighted by Gasteiger charge is -2.31. The van der Waals surface area contributed by atoms with E-state index in [0.29, 0.717) is 5.92 Å². The van der Waals surface area contributed by atoms with Crippen molar-refractivity contribution in [3.63, 3.8) is 0 Å². The molecule has 0 radical (unpaired) electrons. The normalized spacial score (nSPS) is 24.1. The maximum absolute atomic E-state index is 12.4. The third kappa shape index (κ3) is 3.52. The van der Waals surface area contributed by atoms with Crippen molar-refractivity contribution in [3.8, 4) is 0 Å². The first-order valence-electron chi connectivity index (χ1n) is 8.50. The standard InChI is InChI=1S/C19H23N3O3/c1-12-17(23)16(21-19(25)22(12)2)18(24)20-15-10-8-14(9-11-15)13-6-4-3-5-7-13/h3-7,14-15,23H,1,8-11H2,2H3,(H,20,24)(H,21,25). The largest absolute Gasteiger partial charge is 0.504 e. The minimum Gasteiger partial charge on any atom is -0.504 e. The molecule has 0 aromatic heterocycles. The second-order valence-corrected chi connectivity index (χ2v) is 6.59. The number of nitrogens with one attached hydrogen (secondary N) is 2. The molecule has 3 N–H and O–H groups in total. The molecule has 1 aliphatic carbocycles. The molecule has 1 aromatic carbocycles. The molecular weight excluding hydrogens is 318 g/mol. The van der Waals surface area contributed by atoms with Crippen molar-refractivity contribution in [2.24, 2.45) is 0 Å². The number of aliphatic hydroxyl groups is 1. The average Bonchev–Trinajstić information content (AvgIpc) is 2.64. The third-order valence-electron chi connectivity index (χ3n) is 5.01. The van der Waals surface area contributed by atoms with Crippen LogP contribution in [0.5, 0.6) is 0 Å². The maximum Gasteiger partial charge on any atom is 0.326 e. The van der Waals surface area contributed by atoms with E-state index in [9.17, 15) is 14.7 Å². The predicted octanol–water partition coefficient (Wildman–Crippen LogP) is 2.77. The number of amides is 3. The van der Waals surface area contributed by atoms with Crippen LogP contribution < -0.4 is 10.6 Å². The van der Waals surface area contributed by atoms with E-state index in [0.717, 1.165) is 30.6 Å². The van der Waals surface area contributed by atoms with Gasteiger partial charge in [0.15, 0.2) is 11.5 Å². The van der Waals surface area contributed by atoms with E-state index >= 15 is 0 Å². The summed E-state index contributed by atoms with van der Waals surface area (Å²) in [5.41, 5.74) is 1.33. The molecule has 1 fully saturated rings. The van der Waals surface area contributed by atoms with Gasteiger partial charge in [-0.25, -0.2) is 4.79 Å². The number of rotatable bonds is 3. The molecule has 6 heteroatoms. The van der Waals surface area contributed by atoms with Crippen molar-refractivity contribution in [2.75, 3.05) is 7.05 Å². The summed E-state index contributed by atoms with van der Waals surface area (Å²) in [5.74, 6) is -0.245. The molecule has 1 saturated carbocycles. The Morgan fingerprint density at radius 1 is 1.24 bits per heavy atom. The Bertz CT molecular complexity index is 719. The van der Waals surface area contributed by atoms with Gasteiger partial charge in [0.25, 0.3) is 5.91 Å². The lowest BCUT2D eigenvalue weighted by atomic mass is 9.82. The van der Waals surface area contributed by atoms with Crippen molar-refractivity contribution in [1.29, 1.82) is 0 Å². The van der Waals surface area contributed by atoms with Gasteiger partial charge >= 0.3 is 6.03 Å². The first-order chi connectivity index (χ1) is 12.0. The SMILES string of the molecule is C=C1C(O)=C(C(=O)NC2CCC(c3ccccc3)CC2)NC(=O)N1C. The first kappa shape index (κ1) is 17.1. The zero-order valence-electron chi connectivity index (χ0n) is 14.3. The van der Waals surface area contributed by atoms with Crippen LogP contribution in [0.15, 0.2) is 54.1 Å². The number of carbonyl (C=O) groups is 2. The van der Waals surface area contributed by atoms with Crippen molar-refractivity contribution < 1.29 is 14.7 Å². The van der Waals surface area contributed by atoms with E-state index in [1.54, 1.807) is 0 Å². The van der Waals surface area contributed by atoms with Gasteiger partial charge in [-0.3, -0.25) is 15.0 Å². The number of aliphatic hydroxyl groups excluding tert-OH is 1. The van der Waals surface area contributed by atoms with Crippen molar-refractivity contribution in [3.05, 3.63) is 59.6 Å². The molecule has 0 unspecified atom stereocenters. The zero-order chi connectivity index (χ0) is 18.0. The van der Waals surface area contributed by atoms with Crippen LogP contribution in [0.1, 0.15) is 37.2 Å². The highest BCUT2D eigenvalue weighted by atomic mass is 16.3. The highest BCUT2D eigenvalue weighted by Gasteiger charge is 2.31. The Hall–Kier alpha value is -2.76. The Morgan fingerprint density at radius 3 is 2.52 bits per heavy atom. The highest BCUT2D eigenvalue weighted by Crippen LogP contribution is 2.32. The third-order valence-corrected chi connectivity index (χ3v) is 5.01. The number of nitrogens with zero attached hydrogens (tertiary/aromatic N) is 1. The van der Waals surface area contributed by atoms with Crippen LogP contribution in [0.4, 0.5) is 4.79 Å². The Balaban J connectivity index is 1.60. The van der Waals surface area contributed by atoms with E-state index in [2.05, 4.69) is 29.3 Å². The van der Waals surface area contributed by atoms with Crippen LogP contribution in [0.25, 0.3) is 0 Å². The topological polar surface area (TPSA) is 81.7 Å². The summed E-state index contributed by atoms with van der Waals surface area (Å²) >= 11 is 0. The van der Waals surface area contributed by atoms with Gasteiger partial charge in [0.05, 0.1) is 5.70 Å². The summed E-state index contributed by atoms with van der Waals surface area (Å²) in [4.78, 5) is 25.4. The number of urea groups is 1. The fourth-order valence-electron chi connectivity index (χ4n) is 3.39. The molecule has 0 bridgehead atoms. The molecule has 1 heterocycles. The molecule has 0 spiro atoms. The molecule has 25 heavy (non-hydrogen) atoms. The first-order valence-corrected chi connectivity index (χ1v) is 8.50. The Kier molecular flexibility index (Phi) is 4.79. The van der Waals surface area contributed by atoms with Gasteiger partial charge in [-0.05, 0) is 37.2 Å². The Morgan fingerprint density at radius 2 is 1.88 bits per heavy atom. The number of carbonyl (C=O) groups excluding carboxylic acids is 2. The summed E-state index contributed by atoms with van der Waals surface area (Å²) in [6.07, 6.45) is 3.74. The van der Waals surface area contributed by atoms with Crippen LogP contribution in [0.2, 0.25) is 0 Å². The van der Waals surface area contributed by atoms with Gasteiger partial charge in [0.1, 0.15) is 0 Å². The van der Waals surface area contributed by atoms with Gasteiger partial charge in [-0.2, -0.15) is 0 Å². The monoisotopic (exact) mass is 341 g/mol. The minimum atomic E-state index is -0.485. The second-order valence-electron chi connectivity index (χ2n) is 6.59. The van der Waals surface area contributed by atoms with Gasteiger partial charge in [-0.1, -0.05) is 36.9 Å². The van der Waals surface area contributed by atoms with Crippen molar-refractivity contribution >= 4 is 11.9 Å². The van der Waals surface area contributed by atoms with Gasteiger partial charge < -0.3 is 10.4 Å². The molecule has 0 saturated heterocycles. The zero-order valence-corrected chi connectivity index (χ0v) is 14.3. The minimum absolute atomic E-state index is 0.0394. The molecule has 132 valence electrons. The summed E-state index contributed by atoms with van der Waals surface area (Å²) in [6, 6.07) is 9.96. The van der Waals surface area contributed by atoms with Gasteiger partial charge in [0.2, 0.25) is 0 Å². The molecule has 6 nitrogen and oxygen atoms in total. The van der Waals surface area contributed by atoms with Gasteiger partial charge in [-0.15, -0.1) is 0 Å². The lowest BCUT2D eigenvalue weighted by molar-refractivity contribution is -0.119. The number of benzene rings is 1. The van der Waals surface area contributed by atoms with Crippen LogP contribution in [-0.4, -0.2) is 35.0 Å². The molecule has 0 atom stereocenters. The van der Waals surface area contributed by atoms with E-state index in [-0.39, 0.29) is 23.2 Å². The molecule has 3 amide bonds. The summed E-state index contributed by atoms with van der Waals surface area (Å²) in [5, 5.41) is 15.4. The Labute approximate surface area is 147 Å². The average molecular weight is 341 g/mol. The molecule has 2 aliphatic rings. The molecular formula is C19H23N3O3. The van der Waals surface area contributed by atoms with E-state index in [1.165, 1.54) is 12.6 Å². The number of hydrogen-bond acceptors (Lipinski definition) is 3. The smallest absolute Gasteiger partial charge is 0.326 e. The van der Waals surface area contributed by atoms with E-state index in [4.69, 9.17) is 0 Å². The number of likely N-dealkylation sites (N-methyl/N-ethyl adjacent to an activating group) is 1. The molecule has 1 aromatic rings. The van der Waals surface area contributed by atoms with E-state index < -0.39 is 11.9 Å². The fourth-order valence-corrected chi connectivity index (χ4v) is 3.39. The number of hydrogen-bond donors (Lipinski definition) is 3. The second kappa shape index (κ2) is 7.01. The van der Waals surface area contributed by atoms with Crippen molar-refractivity contribution in [1.82, 2.24) is 15.5 Å². The van der Waals surface area contributed by atoms with Crippen LogP contribution in [-0.2, 0) is 4.79 Å². The van der Waals surface area contributed by atoms with E-state index in [1.807, 2.05) is 18.2 Å². The highest BCUT2D eigenvalue weighted by molar-refractivity contribution is 6.00. The lowest BCUT2D eigenvalue weighted by Crippen LogP contribution is -2.48. The fraction of sp³-hybridized carbons (Fsp3) is 0.368. The van der Waals surface area contributed by atoms with Crippen molar-refractivity contribution in [2.45, 2.75) is 37.6 Å². The van der Waals surface area contributed by atoms with Crippen LogP contribution in [0, 0.1) is 0 Å². The summed E-state index contributed by atoms with van der Waals surface area (Å²) in [6.45, 7) is 3.63. The maximum atomic E-state index is 12.4.